The number of aromatic nitrogens is 5. The van der Waals surface area contributed by atoms with Crippen LogP contribution in [0.1, 0.15) is 5.56 Å². The van der Waals surface area contributed by atoms with Gasteiger partial charge in [0.05, 0.1) is 23.4 Å². The Morgan fingerprint density at radius 3 is 1.69 bits per heavy atom. The average molecular weight is 713 g/mol. The quantitative estimate of drug-likeness (QED) is 0.0845. The van der Waals surface area contributed by atoms with E-state index in [1.165, 1.54) is 0 Å². The minimum Gasteiger partial charge on any atom is -0.508 e. The third-order valence-electron chi connectivity index (χ3n) is 7.92. The van der Waals surface area contributed by atoms with Crippen molar-refractivity contribution in [2.75, 3.05) is 22.5 Å². The zero-order chi connectivity index (χ0) is 36.2. The molecule has 0 amide bonds. The number of aromatic hydroxyl groups is 2. The van der Waals surface area contributed by atoms with E-state index in [-0.39, 0.29) is 34.2 Å². The molecule has 0 unspecified atom stereocenters. The Bertz CT molecular complexity index is 2370. The molecule has 5 N–H and O–H groups in total. The van der Waals surface area contributed by atoms with Crippen molar-refractivity contribution in [2.45, 2.75) is 11.8 Å². The number of hydrogen-bond donors (Lipinski definition) is 5. The molecule has 13 nitrogen and oxygen atoms in total. The summed E-state index contributed by atoms with van der Waals surface area (Å²) in [7, 11) is -2.19. The van der Waals surface area contributed by atoms with Crippen LogP contribution in [-0.2, 0) is 10.0 Å². The van der Waals surface area contributed by atoms with Gasteiger partial charge in [0, 0.05) is 28.2 Å². The smallest absolute Gasteiger partial charge is 0.261 e. The molecule has 0 aliphatic rings. The number of hydrogen-bond acceptors (Lipinski definition) is 11. The normalized spacial score (nSPS) is 11.2. The standard InChI is InChI=1S/C38H32N8O5S/c1-24-3-21-33(22-4-24)52(49,50)45-29-9-5-25(6-10-29)34-23-35(26-7-19-32(51-2)20-8-26)46(44-34)38-42-36(39-27-11-15-30(47)16-12-27)41-37(43-38)40-28-13-17-31(48)18-14-28/h3-23,45,47-48H,1-2H3,(H2,39,40,41,42,43). The summed E-state index contributed by atoms with van der Waals surface area (Å²) >= 11 is 0. The van der Waals surface area contributed by atoms with Crippen LogP contribution in [0.25, 0.3) is 28.5 Å². The number of phenolic OH excluding ortho intramolecular Hbond substituents is 2. The van der Waals surface area contributed by atoms with E-state index in [2.05, 4.69) is 20.3 Å². The van der Waals surface area contributed by atoms with Crippen LogP contribution in [-0.4, -0.2) is 50.5 Å². The van der Waals surface area contributed by atoms with Crippen LogP contribution in [0.5, 0.6) is 17.2 Å². The summed E-state index contributed by atoms with van der Waals surface area (Å²) in [6, 6.07) is 35.8. The fourth-order valence-corrected chi connectivity index (χ4v) is 6.26. The minimum absolute atomic E-state index is 0.112. The van der Waals surface area contributed by atoms with Gasteiger partial charge in [0.25, 0.3) is 16.0 Å². The van der Waals surface area contributed by atoms with Gasteiger partial charge < -0.3 is 25.6 Å². The summed E-state index contributed by atoms with van der Waals surface area (Å²) in [5.74, 6) is 1.47. The lowest BCUT2D eigenvalue weighted by molar-refractivity contribution is 0.415. The third kappa shape index (κ3) is 7.61. The first-order valence-corrected chi connectivity index (χ1v) is 17.4. The van der Waals surface area contributed by atoms with Gasteiger partial charge in [-0.2, -0.15) is 24.7 Å². The number of benzene rings is 5. The number of methoxy groups -OCH3 is 1. The number of aryl methyl sites for hydroxylation is 1. The van der Waals surface area contributed by atoms with Gasteiger partial charge in [-0.05, 0) is 110 Å². The second kappa shape index (κ2) is 14.1. The van der Waals surface area contributed by atoms with Gasteiger partial charge in [-0.1, -0.05) is 29.8 Å². The Morgan fingerprint density at radius 2 is 1.15 bits per heavy atom. The summed E-state index contributed by atoms with van der Waals surface area (Å²) in [5, 5.41) is 30.8. The molecule has 0 saturated carbocycles. The van der Waals surface area contributed by atoms with Crippen LogP contribution in [0.15, 0.2) is 132 Å². The van der Waals surface area contributed by atoms with Crippen LogP contribution in [0.4, 0.5) is 29.0 Å². The zero-order valence-corrected chi connectivity index (χ0v) is 28.7. The zero-order valence-electron chi connectivity index (χ0n) is 27.9. The van der Waals surface area contributed by atoms with Gasteiger partial charge in [0.1, 0.15) is 17.2 Å². The molecular weight excluding hydrogens is 681 g/mol. The van der Waals surface area contributed by atoms with Crippen LogP contribution < -0.4 is 20.1 Å². The number of phenols is 2. The molecule has 7 aromatic rings. The fraction of sp³-hybridized carbons (Fsp3) is 0.0526. The fourth-order valence-electron chi connectivity index (χ4n) is 5.20. The number of sulfonamides is 1. The van der Waals surface area contributed by atoms with E-state index in [9.17, 15) is 18.6 Å². The lowest BCUT2D eigenvalue weighted by Crippen LogP contribution is -2.12. The van der Waals surface area contributed by atoms with Gasteiger partial charge in [-0.25, -0.2) is 8.42 Å². The Morgan fingerprint density at radius 1 is 0.635 bits per heavy atom. The monoisotopic (exact) mass is 712 g/mol. The Hall–Kier alpha value is -6.93. The molecule has 0 bridgehead atoms. The predicted octanol–water partition coefficient (Wildman–Crippen LogP) is 7.41. The highest BCUT2D eigenvalue weighted by Crippen LogP contribution is 2.31. The number of nitrogens with one attached hydrogen (secondary N) is 3. The topological polar surface area (TPSA) is 176 Å². The van der Waals surface area contributed by atoms with Crippen LogP contribution in [0, 0.1) is 6.92 Å². The molecule has 5 aromatic carbocycles. The SMILES string of the molecule is COc1ccc(-c2cc(-c3ccc(NS(=O)(=O)c4ccc(C)cc4)cc3)nn2-c2nc(Nc3ccc(O)cc3)nc(Nc3ccc(O)cc3)n2)cc1. The van der Waals surface area contributed by atoms with Crippen LogP contribution >= 0.6 is 0 Å². The second-order valence-corrected chi connectivity index (χ2v) is 13.4. The number of nitrogens with zero attached hydrogens (tertiary/aromatic N) is 5. The van der Waals surface area contributed by atoms with Gasteiger partial charge >= 0.3 is 0 Å². The van der Waals surface area contributed by atoms with E-state index in [1.807, 2.05) is 37.3 Å². The van der Waals surface area contributed by atoms with E-state index in [0.717, 1.165) is 11.1 Å². The first-order chi connectivity index (χ1) is 25.1. The molecule has 2 heterocycles. The minimum atomic E-state index is -3.78. The Labute approximate surface area is 299 Å². The van der Waals surface area contributed by atoms with Crippen LogP contribution in [0.2, 0.25) is 0 Å². The maximum Gasteiger partial charge on any atom is 0.261 e. The first-order valence-electron chi connectivity index (χ1n) is 15.9. The third-order valence-corrected chi connectivity index (χ3v) is 9.32. The van der Waals surface area contributed by atoms with Gasteiger partial charge in [0.15, 0.2) is 0 Å². The largest absolute Gasteiger partial charge is 0.508 e. The average Bonchev–Trinajstić information content (AvgIpc) is 3.60. The molecule has 7 rings (SSSR count). The van der Waals surface area contributed by atoms with Crippen molar-refractivity contribution in [1.82, 2.24) is 24.7 Å². The van der Waals surface area contributed by atoms with Gasteiger partial charge in [-0.15, -0.1) is 0 Å². The van der Waals surface area contributed by atoms with E-state index in [1.54, 1.807) is 109 Å². The highest BCUT2D eigenvalue weighted by Gasteiger charge is 2.19. The van der Waals surface area contributed by atoms with Crippen molar-refractivity contribution in [2.24, 2.45) is 0 Å². The van der Waals surface area contributed by atoms with Gasteiger partial charge in [0.2, 0.25) is 11.9 Å². The second-order valence-electron chi connectivity index (χ2n) is 11.7. The molecule has 0 fully saturated rings. The van der Waals surface area contributed by atoms with E-state index >= 15 is 0 Å². The molecule has 0 radical (unpaired) electrons. The van der Waals surface area contributed by atoms with Crippen molar-refractivity contribution >= 4 is 39.0 Å². The molecule has 0 spiro atoms. The van der Waals surface area contributed by atoms with Gasteiger partial charge in [-0.3, -0.25) is 4.72 Å². The summed E-state index contributed by atoms with van der Waals surface area (Å²) in [6.45, 7) is 1.89. The lowest BCUT2D eigenvalue weighted by atomic mass is 10.1. The molecule has 0 aliphatic carbocycles. The van der Waals surface area contributed by atoms with Crippen molar-refractivity contribution in [3.63, 3.8) is 0 Å². The molecule has 260 valence electrons. The highest BCUT2D eigenvalue weighted by molar-refractivity contribution is 7.92. The summed E-state index contributed by atoms with van der Waals surface area (Å²) in [4.78, 5) is 14.2. The lowest BCUT2D eigenvalue weighted by Gasteiger charge is -2.12. The van der Waals surface area contributed by atoms with E-state index in [4.69, 9.17) is 19.8 Å². The molecule has 2 aromatic heterocycles. The molecular formula is C38H32N8O5S. The highest BCUT2D eigenvalue weighted by atomic mass is 32.2. The molecule has 0 aliphatic heterocycles. The van der Waals surface area contributed by atoms with Crippen molar-refractivity contribution in [1.29, 1.82) is 0 Å². The summed E-state index contributed by atoms with van der Waals surface area (Å²) in [5.41, 5.74) is 5.34. The number of anilines is 5. The number of rotatable bonds is 11. The molecule has 0 atom stereocenters. The van der Waals surface area contributed by atoms with Crippen molar-refractivity contribution in [3.8, 4) is 45.7 Å². The predicted molar refractivity (Wildman–Crippen MR) is 199 cm³/mol. The molecule has 14 heteroatoms. The maximum atomic E-state index is 13.0. The maximum absolute atomic E-state index is 13.0. The molecule has 0 saturated heterocycles. The Kier molecular flexibility index (Phi) is 9.12. The van der Waals surface area contributed by atoms with Crippen LogP contribution in [0.3, 0.4) is 0 Å². The van der Waals surface area contributed by atoms with E-state index < -0.39 is 10.0 Å². The van der Waals surface area contributed by atoms with Crippen molar-refractivity contribution in [3.05, 3.63) is 133 Å². The summed E-state index contributed by atoms with van der Waals surface area (Å²) < 4.78 is 35.6. The number of ether oxygens (including phenoxy) is 1. The van der Waals surface area contributed by atoms with E-state index in [0.29, 0.717) is 39.8 Å². The molecule has 52 heavy (non-hydrogen) atoms. The summed E-state index contributed by atoms with van der Waals surface area (Å²) in [6.07, 6.45) is 0. The first kappa shape index (κ1) is 33.6. The Balaban J connectivity index is 1.28. The van der Waals surface area contributed by atoms with Crippen molar-refractivity contribution < 1.29 is 23.4 Å².